The minimum absolute atomic E-state index is 0.0790. The second-order valence-electron chi connectivity index (χ2n) is 4.50. The number of amides is 2. The molecule has 22 heavy (non-hydrogen) atoms. The van der Waals surface area contributed by atoms with Gasteiger partial charge in [-0.1, -0.05) is 18.2 Å². The third kappa shape index (κ3) is 3.09. The zero-order chi connectivity index (χ0) is 15.7. The fourth-order valence-corrected chi connectivity index (χ4v) is 3.22. The highest BCUT2D eigenvalue weighted by molar-refractivity contribution is 14.1. The van der Waals surface area contributed by atoms with Crippen molar-refractivity contribution in [2.24, 2.45) is 0 Å². The number of hydrogen-bond acceptors (Lipinski definition) is 4. The van der Waals surface area contributed by atoms with E-state index in [1.54, 1.807) is 30.3 Å². The number of halogens is 2. The van der Waals surface area contributed by atoms with E-state index in [-0.39, 0.29) is 11.4 Å². The Balaban J connectivity index is 1.83. The van der Waals surface area contributed by atoms with Crippen LogP contribution in [0.4, 0.5) is 9.18 Å². The molecule has 1 aliphatic heterocycles. The van der Waals surface area contributed by atoms with Crippen LogP contribution in [-0.4, -0.2) is 16.0 Å². The fraction of sp³-hybridized carbons (Fsp3) is 0.0667. The first-order chi connectivity index (χ1) is 10.5. The van der Waals surface area contributed by atoms with Gasteiger partial charge < -0.3 is 4.42 Å². The third-order valence-corrected chi connectivity index (χ3v) is 4.51. The van der Waals surface area contributed by atoms with E-state index in [2.05, 4.69) is 0 Å². The van der Waals surface area contributed by atoms with Crippen LogP contribution in [0.2, 0.25) is 0 Å². The number of carbonyl (C=O) groups excluding carboxylic acids is 2. The van der Waals surface area contributed by atoms with Gasteiger partial charge in [-0.3, -0.25) is 14.5 Å². The Kier molecular flexibility index (Phi) is 4.34. The molecule has 0 bridgehead atoms. The van der Waals surface area contributed by atoms with Crippen molar-refractivity contribution in [3.63, 3.8) is 0 Å². The van der Waals surface area contributed by atoms with Crippen LogP contribution in [0, 0.1) is 9.58 Å². The Labute approximate surface area is 143 Å². The molecule has 7 heteroatoms. The minimum Gasteiger partial charge on any atom is -0.451 e. The van der Waals surface area contributed by atoms with Crippen LogP contribution >= 0.6 is 34.4 Å². The Hall–Kier alpha value is -1.61. The summed E-state index contributed by atoms with van der Waals surface area (Å²) in [5, 5.41) is -0.416. The summed E-state index contributed by atoms with van der Waals surface area (Å²) in [6.07, 6.45) is 1.52. The summed E-state index contributed by atoms with van der Waals surface area (Å²) in [4.78, 5) is 25.6. The highest BCUT2D eigenvalue weighted by atomic mass is 127. The van der Waals surface area contributed by atoms with E-state index in [4.69, 9.17) is 4.42 Å². The molecule has 112 valence electrons. The average molecular weight is 429 g/mol. The molecule has 2 heterocycles. The maximum atomic E-state index is 13.7. The van der Waals surface area contributed by atoms with Crippen LogP contribution in [0.1, 0.15) is 11.3 Å². The number of thioether (sulfide) groups is 1. The molecule has 4 nitrogen and oxygen atoms in total. The molecule has 0 radical (unpaired) electrons. The highest BCUT2D eigenvalue weighted by Gasteiger charge is 2.35. The molecule has 0 spiro atoms. The lowest BCUT2D eigenvalue weighted by Crippen LogP contribution is -2.27. The Morgan fingerprint density at radius 3 is 2.68 bits per heavy atom. The van der Waals surface area contributed by atoms with Gasteiger partial charge in [0.1, 0.15) is 11.6 Å². The molecule has 0 atom stereocenters. The van der Waals surface area contributed by atoms with Gasteiger partial charge in [0.25, 0.3) is 11.1 Å². The fourth-order valence-electron chi connectivity index (χ4n) is 1.97. The molecule has 1 aromatic heterocycles. The van der Waals surface area contributed by atoms with Gasteiger partial charge in [0.05, 0.1) is 11.4 Å². The van der Waals surface area contributed by atoms with E-state index in [0.717, 1.165) is 16.7 Å². The number of nitrogens with zero attached hydrogens (tertiary/aromatic N) is 1. The normalized spacial score (nSPS) is 16.8. The second kappa shape index (κ2) is 6.25. The van der Waals surface area contributed by atoms with Gasteiger partial charge in [-0.25, -0.2) is 4.39 Å². The summed E-state index contributed by atoms with van der Waals surface area (Å²) < 4.78 is 19.7. The Morgan fingerprint density at radius 2 is 2.00 bits per heavy atom. The molecule has 0 saturated carbocycles. The summed E-state index contributed by atoms with van der Waals surface area (Å²) in [7, 11) is 0. The maximum absolute atomic E-state index is 13.7. The van der Waals surface area contributed by atoms with E-state index >= 15 is 0 Å². The number of imide groups is 1. The number of rotatable bonds is 3. The van der Waals surface area contributed by atoms with Gasteiger partial charge in [0.2, 0.25) is 0 Å². The predicted molar refractivity (Wildman–Crippen MR) is 89.3 cm³/mol. The van der Waals surface area contributed by atoms with Gasteiger partial charge in [0.15, 0.2) is 3.77 Å². The van der Waals surface area contributed by atoms with E-state index in [0.29, 0.717) is 15.1 Å². The first-order valence-electron chi connectivity index (χ1n) is 6.29. The summed E-state index contributed by atoms with van der Waals surface area (Å²) in [5.41, 5.74) is 0.304. The average Bonchev–Trinajstić information content (AvgIpc) is 3.00. The van der Waals surface area contributed by atoms with Crippen molar-refractivity contribution in [2.75, 3.05) is 0 Å². The topological polar surface area (TPSA) is 50.5 Å². The maximum Gasteiger partial charge on any atom is 0.293 e. The van der Waals surface area contributed by atoms with Crippen molar-refractivity contribution in [3.8, 4) is 0 Å². The summed E-state index contributed by atoms with van der Waals surface area (Å²) in [6.45, 7) is -0.0790. The Morgan fingerprint density at radius 1 is 1.23 bits per heavy atom. The molecule has 0 aliphatic carbocycles. The number of furan rings is 1. The number of hydrogen-bond donors (Lipinski definition) is 0. The van der Waals surface area contributed by atoms with Crippen LogP contribution in [0.25, 0.3) is 6.08 Å². The van der Waals surface area contributed by atoms with Gasteiger partial charge in [-0.2, -0.15) is 0 Å². The van der Waals surface area contributed by atoms with Crippen molar-refractivity contribution < 1.29 is 18.4 Å². The number of benzene rings is 1. The molecule has 1 aliphatic rings. The number of carbonyl (C=O) groups is 2. The zero-order valence-electron chi connectivity index (χ0n) is 11.1. The lowest BCUT2D eigenvalue weighted by molar-refractivity contribution is -0.123. The van der Waals surface area contributed by atoms with Crippen LogP contribution in [0.5, 0.6) is 0 Å². The molecule has 0 N–H and O–H groups in total. The quantitative estimate of drug-likeness (QED) is 0.541. The largest absolute Gasteiger partial charge is 0.451 e. The molecule has 2 amide bonds. The first-order valence-corrected chi connectivity index (χ1v) is 8.18. The Bertz CT molecular complexity index is 787. The van der Waals surface area contributed by atoms with Crippen LogP contribution < -0.4 is 0 Å². The summed E-state index contributed by atoms with van der Waals surface area (Å²) in [5.74, 6) is -0.378. The monoisotopic (exact) mass is 429 g/mol. The van der Waals surface area contributed by atoms with Crippen molar-refractivity contribution in [1.82, 2.24) is 4.90 Å². The lowest BCUT2D eigenvalue weighted by Gasteiger charge is -2.12. The van der Waals surface area contributed by atoms with Crippen molar-refractivity contribution in [2.45, 2.75) is 6.54 Å². The van der Waals surface area contributed by atoms with Crippen molar-refractivity contribution in [1.29, 1.82) is 0 Å². The van der Waals surface area contributed by atoms with E-state index in [9.17, 15) is 14.0 Å². The molecular weight excluding hydrogens is 420 g/mol. The van der Waals surface area contributed by atoms with Gasteiger partial charge >= 0.3 is 0 Å². The molecular formula is C15H9FINO3S. The van der Waals surface area contributed by atoms with E-state index in [1.807, 2.05) is 22.6 Å². The van der Waals surface area contributed by atoms with Crippen molar-refractivity contribution in [3.05, 3.63) is 62.2 Å². The minimum atomic E-state index is -0.440. The molecule has 3 rings (SSSR count). The molecule has 2 aromatic rings. The SMILES string of the molecule is O=C1S/C(=C\c2ccc(I)o2)C(=O)N1Cc1ccccc1F. The standard InChI is InChI=1S/C15H9FINO3S/c16-11-4-2-1-3-9(11)8-18-14(19)12(22-15(18)20)7-10-5-6-13(17)21-10/h1-7H,8H2/b12-7-. The van der Waals surface area contributed by atoms with E-state index < -0.39 is 17.0 Å². The van der Waals surface area contributed by atoms with Gasteiger partial charge in [-0.05, 0) is 52.6 Å². The third-order valence-electron chi connectivity index (χ3n) is 3.03. The summed E-state index contributed by atoms with van der Waals surface area (Å²) >= 11 is 2.84. The molecule has 1 aromatic carbocycles. The van der Waals surface area contributed by atoms with Crippen LogP contribution in [0.3, 0.4) is 0 Å². The van der Waals surface area contributed by atoms with Crippen molar-refractivity contribution >= 4 is 51.6 Å². The van der Waals surface area contributed by atoms with Gasteiger partial charge in [0, 0.05) is 11.6 Å². The molecule has 1 saturated heterocycles. The smallest absolute Gasteiger partial charge is 0.293 e. The molecule has 1 fully saturated rings. The second-order valence-corrected chi connectivity index (χ2v) is 6.56. The summed E-state index contributed by atoms with van der Waals surface area (Å²) in [6, 6.07) is 9.55. The highest BCUT2D eigenvalue weighted by Crippen LogP contribution is 2.33. The zero-order valence-corrected chi connectivity index (χ0v) is 14.1. The van der Waals surface area contributed by atoms with Gasteiger partial charge in [-0.15, -0.1) is 0 Å². The molecule has 0 unspecified atom stereocenters. The lowest BCUT2D eigenvalue weighted by atomic mass is 10.2. The van der Waals surface area contributed by atoms with Crippen LogP contribution in [-0.2, 0) is 11.3 Å². The van der Waals surface area contributed by atoms with Crippen LogP contribution in [0.15, 0.2) is 45.7 Å². The van der Waals surface area contributed by atoms with E-state index in [1.165, 1.54) is 12.1 Å². The first kappa shape index (κ1) is 15.3. The predicted octanol–water partition coefficient (Wildman–Crippen LogP) is 4.26.